The molecule has 0 radical (unpaired) electrons. The molecule has 0 aliphatic heterocycles. The number of nitrogens with two attached hydrogens (primary N) is 1. The first kappa shape index (κ1) is 9.13. The summed E-state index contributed by atoms with van der Waals surface area (Å²) < 4.78 is 0. The zero-order chi connectivity index (χ0) is 9.14. The summed E-state index contributed by atoms with van der Waals surface area (Å²) in [5.41, 5.74) is 8.82. The highest BCUT2D eigenvalue weighted by molar-refractivity contribution is 5.23. The SMILES string of the molecule is CCc1c(C)nc(CN)nc1C. The van der Waals surface area contributed by atoms with Crippen LogP contribution in [0.4, 0.5) is 0 Å². The molecule has 0 saturated carbocycles. The van der Waals surface area contributed by atoms with Crippen LogP contribution in [0.2, 0.25) is 0 Å². The highest BCUT2D eigenvalue weighted by Gasteiger charge is 2.04. The van der Waals surface area contributed by atoms with Crippen LogP contribution in [0.15, 0.2) is 0 Å². The fourth-order valence-electron chi connectivity index (χ4n) is 1.41. The predicted octanol–water partition coefficient (Wildman–Crippen LogP) is 1.11. The highest BCUT2D eigenvalue weighted by Crippen LogP contribution is 2.09. The van der Waals surface area contributed by atoms with E-state index in [0.717, 1.165) is 23.6 Å². The van der Waals surface area contributed by atoms with Crippen molar-refractivity contribution in [1.29, 1.82) is 0 Å². The fourth-order valence-corrected chi connectivity index (χ4v) is 1.41. The van der Waals surface area contributed by atoms with Gasteiger partial charge in [0.15, 0.2) is 0 Å². The lowest BCUT2D eigenvalue weighted by atomic mass is 10.1. The molecule has 66 valence electrons. The van der Waals surface area contributed by atoms with Crippen molar-refractivity contribution in [3.05, 3.63) is 22.8 Å². The molecular formula is C9H15N3. The van der Waals surface area contributed by atoms with Crippen molar-refractivity contribution in [2.45, 2.75) is 33.7 Å². The Hall–Kier alpha value is -0.960. The van der Waals surface area contributed by atoms with Crippen molar-refractivity contribution in [3.63, 3.8) is 0 Å². The molecular weight excluding hydrogens is 150 g/mol. The van der Waals surface area contributed by atoms with Crippen LogP contribution >= 0.6 is 0 Å². The minimum Gasteiger partial charge on any atom is -0.324 e. The Morgan fingerprint density at radius 3 is 2.00 bits per heavy atom. The van der Waals surface area contributed by atoms with Gasteiger partial charge in [0, 0.05) is 11.4 Å². The standard InChI is InChI=1S/C9H15N3/c1-4-8-6(2)11-9(5-10)12-7(8)3/h4-5,10H2,1-3H3. The molecule has 0 amide bonds. The molecule has 0 aliphatic carbocycles. The molecule has 0 bridgehead atoms. The Bertz CT molecular complexity index is 258. The minimum absolute atomic E-state index is 0.422. The van der Waals surface area contributed by atoms with Gasteiger partial charge in [-0.2, -0.15) is 0 Å². The van der Waals surface area contributed by atoms with E-state index in [0.29, 0.717) is 6.54 Å². The van der Waals surface area contributed by atoms with Gasteiger partial charge in [0.1, 0.15) is 5.82 Å². The van der Waals surface area contributed by atoms with E-state index in [2.05, 4.69) is 16.9 Å². The maximum atomic E-state index is 5.45. The Morgan fingerprint density at radius 2 is 1.67 bits per heavy atom. The maximum absolute atomic E-state index is 5.45. The van der Waals surface area contributed by atoms with E-state index in [1.807, 2.05) is 13.8 Å². The average molecular weight is 165 g/mol. The summed E-state index contributed by atoms with van der Waals surface area (Å²) in [5.74, 6) is 0.738. The molecule has 3 heteroatoms. The second-order valence-corrected chi connectivity index (χ2v) is 2.85. The van der Waals surface area contributed by atoms with Crippen LogP contribution in [0.5, 0.6) is 0 Å². The highest BCUT2D eigenvalue weighted by atomic mass is 14.9. The van der Waals surface area contributed by atoms with Gasteiger partial charge in [0.25, 0.3) is 0 Å². The third-order valence-electron chi connectivity index (χ3n) is 2.00. The number of rotatable bonds is 2. The largest absolute Gasteiger partial charge is 0.324 e. The molecule has 1 rings (SSSR count). The number of hydrogen-bond donors (Lipinski definition) is 1. The molecule has 1 aromatic heterocycles. The van der Waals surface area contributed by atoms with E-state index in [1.165, 1.54) is 5.56 Å². The van der Waals surface area contributed by atoms with Gasteiger partial charge in [0.05, 0.1) is 6.54 Å². The van der Waals surface area contributed by atoms with Crippen molar-refractivity contribution in [1.82, 2.24) is 9.97 Å². The first-order valence-electron chi connectivity index (χ1n) is 4.22. The number of nitrogens with zero attached hydrogens (tertiary/aromatic N) is 2. The molecule has 0 spiro atoms. The molecule has 0 saturated heterocycles. The summed E-state index contributed by atoms with van der Waals surface area (Å²) >= 11 is 0. The van der Waals surface area contributed by atoms with Gasteiger partial charge < -0.3 is 5.73 Å². The topological polar surface area (TPSA) is 51.8 Å². The second-order valence-electron chi connectivity index (χ2n) is 2.85. The fraction of sp³-hybridized carbons (Fsp3) is 0.556. The predicted molar refractivity (Wildman–Crippen MR) is 48.8 cm³/mol. The molecule has 0 unspecified atom stereocenters. The molecule has 0 atom stereocenters. The average Bonchev–Trinajstić information content (AvgIpc) is 2.03. The Labute approximate surface area is 73.0 Å². The van der Waals surface area contributed by atoms with E-state index < -0.39 is 0 Å². The molecule has 12 heavy (non-hydrogen) atoms. The van der Waals surface area contributed by atoms with Gasteiger partial charge in [-0.25, -0.2) is 9.97 Å². The summed E-state index contributed by atoms with van der Waals surface area (Å²) in [4.78, 5) is 8.57. The quantitative estimate of drug-likeness (QED) is 0.714. The molecule has 2 N–H and O–H groups in total. The van der Waals surface area contributed by atoms with E-state index in [4.69, 9.17) is 5.73 Å². The lowest BCUT2D eigenvalue weighted by Crippen LogP contribution is -2.08. The van der Waals surface area contributed by atoms with E-state index in [1.54, 1.807) is 0 Å². The first-order valence-corrected chi connectivity index (χ1v) is 4.22. The minimum atomic E-state index is 0.422. The third kappa shape index (κ3) is 1.61. The van der Waals surface area contributed by atoms with Crippen LogP contribution in [-0.2, 0) is 13.0 Å². The Kier molecular flexibility index (Phi) is 2.76. The maximum Gasteiger partial charge on any atom is 0.142 e. The summed E-state index contributed by atoms with van der Waals surface area (Å²) in [5, 5.41) is 0. The van der Waals surface area contributed by atoms with Crippen LogP contribution in [0.3, 0.4) is 0 Å². The van der Waals surface area contributed by atoms with Crippen molar-refractivity contribution >= 4 is 0 Å². The van der Waals surface area contributed by atoms with E-state index in [-0.39, 0.29) is 0 Å². The smallest absolute Gasteiger partial charge is 0.142 e. The van der Waals surface area contributed by atoms with Crippen LogP contribution < -0.4 is 5.73 Å². The van der Waals surface area contributed by atoms with Crippen LogP contribution in [0.1, 0.15) is 29.7 Å². The van der Waals surface area contributed by atoms with Crippen molar-refractivity contribution in [3.8, 4) is 0 Å². The molecule has 3 nitrogen and oxygen atoms in total. The van der Waals surface area contributed by atoms with Gasteiger partial charge in [-0.1, -0.05) is 6.92 Å². The monoisotopic (exact) mass is 165 g/mol. The summed E-state index contributed by atoms with van der Waals surface area (Å²) in [7, 11) is 0. The van der Waals surface area contributed by atoms with Gasteiger partial charge in [-0.15, -0.1) is 0 Å². The second kappa shape index (κ2) is 3.63. The summed E-state index contributed by atoms with van der Waals surface area (Å²) in [6.07, 6.45) is 0.989. The molecule has 0 fully saturated rings. The lowest BCUT2D eigenvalue weighted by molar-refractivity contribution is 0.845. The third-order valence-corrected chi connectivity index (χ3v) is 2.00. The number of aryl methyl sites for hydroxylation is 2. The van der Waals surface area contributed by atoms with Gasteiger partial charge in [-0.3, -0.25) is 0 Å². The normalized spacial score (nSPS) is 10.3. The first-order chi connectivity index (χ1) is 5.69. The van der Waals surface area contributed by atoms with Gasteiger partial charge in [0.2, 0.25) is 0 Å². The van der Waals surface area contributed by atoms with Crippen LogP contribution in [0, 0.1) is 13.8 Å². The molecule has 1 aromatic rings. The Morgan fingerprint density at radius 1 is 1.17 bits per heavy atom. The van der Waals surface area contributed by atoms with Crippen molar-refractivity contribution in [2.24, 2.45) is 5.73 Å². The Balaban J connectivity index is 3.18. The van der Waals surface area contributed by atoms with Gasteiger partial charge in [-0.05, 0) is 25.8 Å². The van der Waals surface area contributed by atoms with Gasteiger partial charge >= 0.3 is 0 Å². The zero-order valence-corrected chi connectivity index (χ0v) is 7.89. The van der Waals surface area contributed by atoms with Crippen LogP contribution in [0.25, 0.3) is 0 Å². The van der Waals surface area contributed by atoms with E-state index >= 15 is 0 Å². The molecule has 0 aromatic carbocycles. The lowest BCUT2D eigenvalue weighted by Gasteiger charge is -2.07. The molecule has 0 aliphatic rings. The zero-order valence-electron chi connectivity index (χ0n) is 7.89. The number of aromatic nitrogens is 2. The van der Waals surface area contributed by atoms with Crippen molar-refractivity contribution in [2.75, 3.05) is 0 Å². The van der Waals surface area contributed by atoms with Crippen molar-refractivity contribution < 1.29 is 0 Å². The summed E-state index contributed by atoms with van der Waals surface area (Å²) in [6, 6.07) is 0. The number of hydrogen-bond acceptors (Lipinski definition) is 3. The van der Waals surface area contributed by atoms with E-state index in [9.17, 15) is 0 Å². The molecule has 1 heterocycles. The summed E-state index contributed by atoms with van der Waals surface area (Å²) in [6.45, 7) is 6.55. The van der Waals surface area contributed by atoms with Crippen LogP contribution in [-0.4, -0.2) is 9.97 Å².